The van der Waals surface area contributed by atoms with Gasteiger partial charge in [0.05, 0.1) is 11.3 Å². The second-order valence-corrected chi connectivity index (χ2v) is 4.46. The van der Waals surface area contributed by atoms with Gasteiger partial charge in [0.1, 0.15) is 23.1 Å². The Morgan fingerprint density at radius 3 is 2.52 bits per heavy atom. The summed E-state index contributed by atoms with van der Waals surface area (Å²) in [4.78, 5) is 4.12. The van der Waals surface area contributed by atoms with Crippen molar-refractivity contribution < 1.29 is 17.9 Å². The number of halogens is 3. The highest BCUT2D eigenvalue weighted by atomic mass is 19.4. The van der Waals surface area contributed by atoms with Gasteiger partial charge in [0.15, 0.2) is 0 Å². The number of hydrogen-bond acceptors (Lipinski definition) is 3. The van der Waals surface area contributed by atoms with Crippen molar-refractivity contribution in [3.63, 3.8) is 0 Å². The summed E-state index contributed by atoms with van der Waals surface area (Å²) in [7, 11) is 0. The van der Waals surface area contributed by atoms with E-state index in [4.69, 9.17) is 10.00 Å². The molecule has 0 saturated heterocycles. The topological polar surface area (TPSA) is 45.9 Å². The first-order chi connectivity index (χ1) is 9.81. The standard InChI is InChI=1S/C15H11F3N2O/c1-9-6-14(13(8-19)10(2)20-9)21-12-5-3-4-11(7-12)15(16,17)18/h3-7H,1-2H3. The van der Waals surface area contributed by atoms with Gasteiger partial charge in [-0.1, -0.05) is 6.07 Å². The molecule has 1 aromatic carbocycles. The average Bonchev–Trinajstić information content (AvgIpc) is 2.37. The number of aryl methyl sites for hydroxylation is 2. The van der Waals surface area contributed by atoms with E-state index in [9.17, 15) is 13.2 Å². The Morgan fingerprint density at radius 1 is 1.19 bits per heavy atom. The molecule has 1 heterocycles. The van der Waals surface area contributed by atoms with Gasteiger partial charge in [0, 0.05) is 11.8 Å². The van der Waals surface area contributed by atoms with Gasteiger partial charge in [-0.2, -0.15) is 18.4 Å². The molecule has 6 heteroatoms. The maximum Gasteiger partial charge on any atom is 0.416 e. The van der Waals surface area contributed by atoms with Crippen molar-refractivity contribution in [2.24, 2.45) is 0 Å². The van der Waals surface area contributed by atoms with Gasteiger partial charge in [-0.25, -0.2) is 0 Å². The quantitative estimate of drug-likeness (QED) is 0.825. The van der Waals surface area contributed by atoms with Crippen LogP contribution in [0.5, 0.6) is 11.5 Å². The van der Waals surface area contributed by atoms with Crippen LogP contribution in [0.4, 0.5) is 13.2 Å². The fraction of sp³-hybridized carbons (Fsp3) is 0.200. The predicted octanol–water partition coefficient (Wildman–Crippen LogP) is 4.38. The average molecular weight is 292 g/mol. The third-order valence-corrected chi connectivity index (χ3v) is 2.79. The predicted molar refractivity (Wildman–Crippen MR) is 69.9 cm³/mol. The third kappa shape index (κ3) is 3.31. The van der Waals surface area contributed by atoms with Crippen molar-refractivity contribution >= 4 is 0 Å². The zero-order chi connectivity index (χ0) is 15.6. The first kappa shape index (κ1) is 14.9. The number of ether oxygens (including phenoxy) is 1. The van der Waals surface area contributed by atoms with Crippen LogP contribution in [-0.4, -0.2) is 4.98 Å². The number of alkyl halides is 3. The van der Waals surface area contributed by atoms with Crippen LogP contribution < -0.4 is 4.74 Å². The number of benzene rings is 1. The van der Waals surface area contributed by atoms with Gasteiger partial charge >= 0.3 is 6.18 Å². The molecule has 2 rings (SSSR count). The number of nitrogens with zero attached hydrogens (tertiary/aromatic N) is 2. The Kier molecular flexibility index (Phi) is 3.85. The number of hydrogen-bond donors (Lipinski definition) is 0. The minimum Gasteiger partial charge on any atom is -0.456 e. The molecule has 3 nitrogen and oxygen atoms in total. The summed E-state index contributed by atoms with van der Waals surface area (Å²) in [6.07, 6.45) is -4.44. The van der Waals surface area contributed by atoms with Crippen LogP contribution in [0.3, 0.4) is 0 Å². The van der Waals surface area contributed by atoms with E-state index in [1.165, 1.54) is 18.2 Å². The largest absolute Gasteiger partial charge is 0.456 e. The Balaban J connectivity index is 2.42. The summed E-state index contributed by atoms with van der Waals surface area (Å²) < 4.78 is 43.4. The van der Waals surface area contributed by atoms with E-state index in [0.29, 0.717) is 11.4 Å². The maximum absolute atomic E-state index is 12.7. The van der Waals surface area contributed by atoms with E-state index in [2.05, 4.69) is 4.98 Å². The minimum atomic E-state index is -4.44. The summed E-state index contributed by atoms with van der Waals surface area (Å²) >= 11 is 0. The number of pyridine rings is 1. The molecule has 0 amide bonds. The summed E-state index contributed by atoms with van der Waals surface area (Å²) in [5.74, 6) is 0.216. The molecule has 0 atom stereocenters. The van der Waals surface area contributed by atoms with Crippen LogP contribution in [0.15, 0.2) is 30.3 Å². The molecule has 0 saturated carbocycles. The van der Waals surface area contributed by atoms with E-state index in [1.54, 1.807) is 13.8 Å². The molecule has 0 radical (unpaired) electrons. The molecule has 2 aromatic rings. The van der Waals surface area contributed by atoms with Gasteiger partial charge in [-0.05, 0) is 32.0 Å². The van der Waals surface area contributed by atoms with E-state index in [0.717, 1.165) is 12.1 Å². The molecule has 21 heavy (non-hydrogen) atoms. The van der Waals surface area contributed by atoms with Gasteiger partial charge in [-0.15, -0.1) is 0 Å². The minimum absolute atomic E-state index is 0.0197. The van der Waals surface area contributed by atoms with E-state index >= 15 is 0 Å². The Labute approximate surface area is 119 Å². The second kappa shape index (κ2) is 5.44. The van der Waals surface area contributed by atoms with E-state index in [1.807, 2.05) is 6.07 Å². The van der Waals surface area contributed by atoms with Crippen LogP contribution in [0.25, 0.3) is 0 Å². The van der Waals surface area contributed by atoms with E-state index in [-0.39, 0.29) is 17.1 Å². The lowest BCUT2D eigenvalue weighted by molar-refractivity contribution is -0.137. The normalized spacial score (nSPS) is 11.0. The molecular weight excluding hydrogens is 281 g/mol. The lowest BCUT2D eigenvalue weighted by atomic mass is 10.1. The molecule has 0 aliphatic heterocycles. The van der Waals surface area contributed by atoms with Gasteiger partial charge in [0.25, 0.3) is 0 Å². The highest BCUT2D eigenvalue weighted by Crippen LogP contribution is 2.33. The van der Waals surface area contributed by atoms with Crippen LogP contribution in [0, 0.1) is 25.2 Å². The van der Waals surface area contributed by atoms with Gasteiger partial charge < -0.3 is 4.74 Å². The molecule has 0 aliphatic rings. The fourth-order valence-corrected chi connectivity index (χ4v) is 1.87. The van der Waals surface area contributed by atoms with Crippen molar-refractivity contribution in [1.82, 2.24) is 4.98 Å². The number of aromatic nitrogens is 1. The summed E-state index contributed by atoms with van der Waals surface area (Å²) in [5.41, 5.74) is 0.493. The Morgan fingerprint density at radius 2 is 1.90 bits per heavy atom. The summed E-state index contributed by atoms with van der Waals surface area (Å²) in [6, 6.07) is 7.98. The molecule has 0 bridgehead atoms. The number of rotatable bonds is 2. The second-order valence-electron chi connectivity index (χ2n) is 4.46. The lowest BCUT2D eigenvalue weighted by Crippen LogP contribution is -2.04. The fourth-order valence-electron chi connectivity index (χ4n) is 1.87. The molecular formula is C15H11F3N2O. The van der Waals surface area contributed by atoms with E-state index < -0.39 is 11.7 Å². The molecule has 0 fully saturated rings. The van der Waals surface area contributed by atoms with Crippen LogP contribution in [0.1, 0.15) is 22.5 Å². The molecule has 108 valence electrons. The first-order valence-corrected chi connectivity index (χ1v) is 6.04. The van der Waals surface area contributed by atoms with Crippen molar-refractivity contribution in [2.75, 3.05) is 0 Å². The maximum atomic E-state index is 12.7. The SMILES string of the molecule is Cc1cc(Oc2cccc(C(F)(F)F)c2)c(C#N)c(C)n1. The molecule has 0 N–H and O–H groups in total. The highest BCUT2D eigenvalue weighted by Gasteiger charge is 2.30. The molecule has 1 aromatic heterocycles. The lowest BCUT2D eigenvalue weighted by Gasteiger charge is -2.12. The zero-order valence-corrected chi connectivity index (χ0v) is 11.3. The molecule has 0 spiro atoms. The smallest absolute Gasteiger partial charge is 0.416 e. The zero-order valence-electron chi connectivity index (χ0n) is 11.3. The molecule has 0 aliphatic carbocycles. The monoisotopic (exact) mass is 292 g/mol. The summed E-state index contributed by atoms with van der Waals surface area (Å²) in [6.45, 7) is 3.36. The van der Waals surface area contributed by atoms with Crippen LogP contribution in [-0.2, 0) is 6.18 Å². The van der Waals surface area contributed by atoms with Crippen LogP contribution in [0.2, 0.25) is 0 Å². The van der Waals surface area contributed by atoms with Crippen LogP contribution >= 0.6 is 0 Å². The van der Waals surface area contributed by atoms with Crippen molar-refractivity contribution in [1.29, 1.82) is 5.26 Å². The highest BCUT2D eigenvalue weighted by molar-refractivity contribution is 5.48. The van der Waals surface area contributed by atoms with Crippen molar-refractivity contribution in [2.45, 2.75) is 20.0 Å². The Bertz CT molecular complexity index is 718. The van der Waals surface area contributed by atoms with Crippen molar-refractivity contribution in [3.8, 4) is 17.6 Å². The third-order valence-electron chi connectivity index (χ3n) is 2.79. The molecule has 0 unspecified atom stereocenters. The summed E-state index contributed by atoms with van der Waals surface area (Å²) in [5, 5.41) is 9.10. The Hall–Kier alpha value is -2.55. The van der Waals surface area contributed by atoms with Crippen molar-refractivity contribution in [3.05, 3.63) is 52.8 Å². The van der Waals surface area contributed by atoms with Gasteiger partial charge in [0.2, 0.25) is 0 Å². The van der Waals surface area contributed by atoms with Gasteiger partial charge in [-0.3, -0.25) is 4.98 Å². The number of nitriles is 1. The first-order valence-electron chi connectivity index (χ1n) is 6.04.